The summed E-state index contributed by atoms with van der Waals surface area (Å²) in [5.41, 5.74) is 0.962. The van der Waals surface area contributed by atoms with E-state index in [1.54, 1.807) is 24.3 Å². The van der Waals surface area contributed by atoms with Crippen LogP contribution in [0.1, 0.15) is 11.6 Å². The highest BCUT2D eigenvalue weighted by molar-refractivity contribution is 6.30. The fourth-order valence-electron chi connectivity index (χ4n) is 1.84. The molecule has 2 rings (SSSR count). The van der Waals surface area contributed by atoms with Gasteiger partial charge in [-0.2, -0.15) is 0 Å². The third-order valence-corrected chi connectivity index (χ3v) is 3.40. The van der Waals surface area contributed by atoms with Crippen molar-refractivity contribution in [2.24, 2.45) is 0 Å². The first-order valence-electron chi connectivity index (χ1n) is 6.47. The number of nitrogens with one attached hydrogen (secondary N) is 1. The van der Waals surface area contributed by atoms with Crippen LogP contribution in [0.5, 0.6) is 5.75 Å². The van der Waals surface area contributed by atoms with Crippen LogP contribution in [0.3, 0.4) is 0 Å². The van der Waals surface area contributed by atoms with E-state index in [9.17, 15) is 4.79 Å². The molecule has 1 amide bonds. The number of ether oxygens (including phenoxy) is 1. The van der Waals surface area contributed by atoms with E-state index in [4.69, 9.17) is 27.9 Å². The molecule has 0 spiro atoms. The van der Waals surface area contributed by atoms with E-state index in [1.165, 1.54) is 0 Å². The lowest BCUT2D eigenvalue weighted by Gasteiger charge is -2.16. The number of alkyl halides is 1. The fraction of sp³-hybridized carbons (Fsp3) is 0.188. The second kappa shape index (κ2) is 7.91. The van der Waals surface area contributed by atoms with Crippen LogP contribution in [0.2, 0.25) is 5.02 Å². The normalized spacial score (nSPS) is 11.7. The minimum Gasteiger partial charge on any atom is -0.484 e. The SMILES string of the molecule is O=C(COc1cccc(Cl)c1)NC(CCl)c1ccccc1. The van der Waals surface area contributed by atoms with E-state index >= 15 is 0 Å². The molecule has 0 saturated carbocycles. The molecule has 2 aromatic rings. The van der Waals surface area contributed by atoms with Gasteiger partial charge in [0.2, 0.25) is 0 Å². The summed E-state index contributed by atoms with van der Waals surface area (Å²) in [4.78, 5) is 11.9. The Kier molecular flexibility index (Phi) is 5.90. The van der Waals surface area contributed by atoms with Gasteiger partial charge in [-0.1, -0.05) is 48.0 Å². The second-order valence-corrected chi connectivity index (χ2v) is 5.18. The third kappa shape index (κ3) is 4.96. The van der Waals surface area contributed by atoms with Gasteiger partial charge in [-0.25, -0.2) is 0 Å². The molecule has 21 heavy (non-hydrogen) atoms. The molecule has 1 N–H and O–H groups in total. The lowest BCUT2D eigenvalue weighted by molar-refractivity contribution is -0.123. The minimum absolute atomic E-state index is 0.0828. The maximum absolute atomic E-state index is 11.9. The lowest BCUT2D eigenvalue weighted by Crippen LogP contribution is -2.33. The summed E-state index contributed by atoms with van der Waals surface area (Å²) in [5, 5.41) is 3.40. The molecule has 0 aliphatic carbocycles. The topological polar surface area (TPSA) is 38.3 Å². The number of benzene rings is 2. The van der Waals surface area contributed by atoms with Gasteiger partial charge in [-0.05, 0) is 23.8 Å². The van der Waals surface area contributed by atoms with Gasteiger partial charge in [0.15, 0.2) is 6.61 Å². The predicted octanol–water partition coefficient (Wildman–Crippen LogP) is 3.82. The first kappa shape index (κ1) is 15.7. The first-order chi connectivity index (χ1) is 10.2. The Morgan fingerprint density at radius 2 is 1.90 bits per heavy atom. The number of halogens is 2. The Morgan fingerprint density at radius 1 is 1.14 bits per heavy atom. The number of amides is 1. The summed E-state index contributed by atoms with van der Waals surface area (Å²) >= 11 is 11.8. The summed E-state index contributed by atoms with van der Waals surface area (Å²) in [6, 6.07) is 16.3. The smallest absolute Gasteiger partial charge is 0.258 e. The Bertz CT molecular complexity index is 590. The molecule has 1 unspecified atom stereocenters. The molecular weight excluding hydrogens is 309 g/mol. The van der Waals surface area contributed by atoms with Crippen LogP contribution >= 0.6 is 23.2 Å². The van der Waals surface area contributed by atoms with Crippen LogP contribution in [0.4, 0.5) is 0 Å². The molecule has 3 nitrogen and oxygen atoms in total. The van der Waals surface area contributed by atoms with Crippen molar-refractivity contribution in [2.45, 2.75) is 6.04 Å². The van der Waals surface area contributed by atoms with Crippen molar-refractivity contribution in [3.05, 3.63) is 65.2 Å². The van der Waals surface area contributed by atoms with Crippen LogP contribution in [0.25, 0.3) is 0 Å². The Hall–Kier alpha value is -1.71. The van der Waals surface area contributed by atoms with Gasteiger partial charge < -0.3 is 10.1 Å². The summed E-state index contributed by atoms with van der Waals surface area (Å²) in [5.74, 6) is 0.622. The molecule has 2 aromatic carbocycles. The highest BCUT2D eigenvalue weighted by Crippen LogP contribution is 2.17. The number of carbonyl (C=O) groups excluding carboxylic acids is 1. The number of hydrogen-bond donors (Lipinski definition) is 1. The molecule has 0 saturated heterocycles. The third-order valence-electron chi connectivity index (χ3n) is 2.86. The zero-order valence-corrected chi connectivity index (χ0v) is 12.8. The van der Waals surface area contributed by atoms with Crippen LogP contribution in [0.15, 0.2) is 54.6 Å². The van der Waals surface area contributed by atoms with E-state index in [2.05, 4.69) is 5.32 Å². The summed E-state index contributed by atoms with van der Waals surface area (Å²) in [6.07, 6.45) is 0. The van der Waals surface area contributed by atoms with Crippen molar-refractivity contribution >= 4 is 29.1 Å². The van der Waals surface area contributed by atoms with E-state index in [1.807, 2.05) is 30.3 Å². The maximum Gasteiger partial charge on any atom is 0.258 e. The van der Waals surface area contributed by atoms with Gasteiger partial charge in [0.1, 0.15) is 5.75 Å². The molecule has 0 aliphatic rings. The maximum atomic E-state index is 11.9. The van der Waals surface area contributed by atoms with Crippen molar-refractivity contribution in [2.75, 3.05) is 12.5 Å². The Balaban J connectivity index is 1.89. The molecule has 1 atom stereocenters. The van der Waals surface area contributed by atoms with E-state index in [0.29, 0.717) is 16.7 Å². The number of rotatable bonds is 6. The van der Waals surface area contributed by atoms with E-state index < -0.39 is 0 Å². The van der Waals surface area contributed by atoms with E-state index in [0.717, 1.165) is 5.56 Å². The van der Waals surface area contributed by atoms with Gasteiger partial charge in [0, 0.05) is 10.9 Å². The van der Waals surface area contributed by atoms with Gasteiger partial charge in [0.05, 0.1) is 6.04 Å². The molecule has 110 valence electrons. The van der Waals surface area contributed by atoms with Crippen LogP contribution < -0.4 is 10.1 Å². The summed E-state index contributed by atoms with van der Waals surface area (Å²) < 4.78 is 5.39. The molecule has 0 radical (unpaired) electrons. The van der Waals surface area contributed by atoms with Crippen LogP contribution in [0, 0.1) is 0 Å². The molecule has 0 bridgehead atoms. The van der Waals surface area contributed by atoms with Crippen molar-refractivity contribution in [3.63, 3.8) is 0 Å². The average molecular weight is 324 g/mol. The quantitative estimate of drug-likeness (QED) is 0.821. The van der Waals surface area contributed by atoms with Gasteiger partial charge in [-0.15, -0.1) is 11.6 Å². The zero-order chi connectivity index (χ0) is 15.1. The van der Waals surface area contributed by atoms with Gasteiger partial charge in [0.25, 0.3) is 5.91 Å². The van der Waals surface area contributed by atoms with Gasteiger partial charge in [-0.3, -0.25) is 4.79 Å². The number of carbonyl (C=O) groups is 1. The molecular formula is C16H15Cl2NO2. The van der Waals surface area contributed by atoms with Crippen LogP contribution in [-0.4, -0.2) is 18.4 Å². The number of hydrogen-bond acceptors (Lipinski definition) is 2. The predicted molar refractivity (Wildman–Crippen MR) is 85.0 cm³/mol. The highest BCUT2D eigenvalue weighted by Gasteiger charge is 2.13. The van der Waals surface area contributed by atoms with Crippen LogP contribution in [-0.2, 0) is 4.79 Å². The Morgan fingerprint density at radius 3 is 2.57 bits per heavy atom. The largest absolute Gasteiger partial charge is 0.484 e. The first-order valence-corrected chi connectivity index (χ1v) is 7.39. The molecule has 0 heterocycles. The average Bonchev–Trinajstić information content (AvgIpc) is 2.51. The molecule has 5 heteroatoms. The van der Waals surface area contributed by atoms with Crippen molar-refractivity contribution < 1.29 is 9.53 Å². The molecule has 0 aliphatic heterocycles. The standard InChI is InChI=1S/C16H15Cl2NO2/c17-10-15(12-5-2-1-3-6-12)19-16(20)11-21-14-8-4-7-13(18)9-14/h1-9,15H,10-11H2,(H,19,20). The van der Waals surface area contributed by atoms with Crippen molar-refractivity contribution in [3.8, 4) is 5.75 Å². The van der Waals surface area contributed by atoms with Crippen molar-refractivity contribution in [1.82, 2.24) is 5.32 Å². The fourth-order valence-corrected chi connectivity index (χ4v) is 2.27. The second-order valence-electron chi connectivity index (χ2n) is 4.43. The minimum atomic E-state index is -0.233. The molecule has 0 fully saturated rings. The summed E-state index contributed by atoms with van der Waals surface area (Å²) in [6.45, 7) is -0.0828. The lowest BCUT2D eigenvalue weighted by atomic mass is 10.1. The van der Waals surface area contributed by atoms with Gasteiger partial charge >= 0.3 is 0 Å². The monoisotopic (exact) mass is 323 g/mol. The van der Waals surface area contributed by atoms with E-state index in [-0.39, 0.29) is 18.6 Å². The zero-order valence-electron chi connectivity index (χ0n) is 11.3. The summed E-state index contributed by atoms with van der Waals surface area (Å²) in [7, 11) is 0. The Labute approximate surface area is 133 Å². The molecule has 0 aromatic heterocycles. The highest BCUT2D eigenvalue weighted by atomic mass is 35.5. The van der Waals surface area contributed by atoms with Crippen molar-refractivity contribution in [1.29, 1.82) is 0 Å².